The highest BCUT2D eigenvalue weighted by atomic mass is 19.4. The van der Waals surface area contributed by atoms with E-state index in [4.69, 9.17) is 0 Å². The summed E-state index contributed by atoms with van der Waals surface area (Å²) < 4.78 is 206. The van der Waals surface area contributed by atoms with Gasteiger partial charge in [0.15, 0.2) is 5.60 Å². The van der Waals surface area contributed by atoms with Crippen molar-refractivity contribution < 1.29 is 86.3 Å². The molecule has 58 heavy (non-hydrogen) atoms. The van der Waals surface area contributed by atoms with Crippen molar-refractivity contribution in [1.82, 2.24) is 0 Å². The van der Waals surface area contributed by atoms with E-state index in [1.165, 1.54) is 13.0 Å². The van der Waals surface area contributed by atoms with Crippen molar-refractivity contribution >= 4 is 5.57 Å². The molecule has 0 saturated heterocycles. The maximum atomic E-state index is 13.8. The molecule has 324 valence electrons. The summed E-state index contributed by atoms with van der Waals surface area (Å²) in [6.07, 6.45) is -36.0. The highest BCUT2D eigenvalue weighted by Gasteiger charge is 2.72. The number of hydrogen-bond acceptors (Lipinski definition) is 4. The van der Waals surface area contributed by atoms with Crippen LogP contribution in [0.15, 0.2) is 54.6 Å². The SMILES string of the molecule is Cc1cc(C(C)(C)c2ccc(C(C)(C)c3cc(C)c(O)c(C(C)(O)C(F)(F)F)c3)c(C)c2)ccc1/C(=C/C(O)(C(F)(F)F)C(F)(F)F)CC(O)(C(F)(F)F)C(F)(F)F. The maximum absolute atomic E-state index is 13.8. The smallest absolute Gasteiger partial charge is 0.430 e. The summed E-state index contributed by atoms with van der Waals surface area (Å²) in [7, 11) is 0. The fourth-order valence-electron chi connectivity index (χ4n) is 6.59. The molecular formula is C39H39F15O4. The Bertz CT molecular complexity index is 2020. The van der Waals surface area contributed by atoms with Crippen LogP contribution in [0.2, 0.25) is 0 Å². The summed E-state index contributed by atoms with van der Waals surface area (Å²) >= 11 is 0. The molecule has 0 fully saturated rings. The fourth-order valence-corrected chi connectivity index (χ4v) is 6.59. The molecule has 4 nitrogen and oxygen atoms in total. The van der Waals surface area contributed by atoms with E-state index in [1.807, 2.05) is 0 Å². The van der Waals surface area contributed by atoms with Gasteiger partial charge in [-0.25, -0.2) is 0 Å². The van der Waals surface area contributed by atoms with Crippen LogP contribution in [0.5, 0.6) is 5.75 Å². The molecule has 0 aliphatic carbocycles. The van der Waals surface area contributed by atoms with Crippen molar-refractivity contribution in [2.24, 2.45) is 0 Å². The Labute approximate surface area is 322 Å². The first-order chi connectivity index (χ1) is 25.6. The van der Waals surface area contributed by atoms with Gasteiger partial charge >= 0.3 is 30.9 Å². The van der Waals surface area contributed by atoms with Gasteiger partial charge in [-0.3, -0.25) is 0 Å². The third kappa shape index (κ3) is 8.40. The van der Waals surface area contributed by atoms with Crippen molar-refractivity contribution in [2.75, 3.05) is 0 Å². The number of benzene rings is 3. The maximum Gasteiger partial charge on any atom is 0.430 e. The average Bonchev–Trinajstić information content (AvgIpc) is 3.02. The molecule has 0 aliphatic heterocycles. The number of hydrogen-bond donors (Lipinski definition) is 4. The minimum Gasteiger partial charge on any atom is -0.507 e. The highest BCUT2D eigenvalue weighted by Crippen LogP contribution is 2.52. The Balaban J connectivity index is 2.22. The molecule has 1 unspecified atom stereocenters. The molecule has 0 radical (unpaired) electrons. The van der Waals surface area contributed by atoms with Crippen LogP contribution in [-0.2, 0) is 16.4 Å². The molecule has 0 heterocycles. The molecule has 1 atom stereocenters. The van der Waals surface area contributed by atoms with Crippen LogP contribution in [0.25, 0.3) is 5.57 Å². The third-order valence-corrected chi connectivity index (χ3v) is 10.6. The van der Waals surface area contributed by atoms with Gasteiger partial charge in [-0.2, -0.15) is 65.9 Å². The van der Waals surface area contributed by atoms with Gasteiger partial charge in [-0.05, 0) is 89.9 Å². The number of rotatable bonds is 9. The zero-order chi connectivity index (χ0) is 45.4. The normalized spacial score (nSPS) is 15.8. The van der Waals surface area contributed by atoms with Crippen LogP contribution in [0.1, 0.15) is 91.1 Å². The number of aliphatic hydroxyl groups is 3. The Hall–Kier alpha value is -3.97. The number of aromatic hydroxyl groups is 1. The summed E-state index contributed by atoms with van der Waals surface area (Å²) in [4.78, 5) is 0. The zero-order valence-corrected chi connectivity index (χ0v) is 31.9. The molecule has 3 aromatic carbocycles. The summed E-state index contributed by atoms with van der Waals surface area (Å²) in [6.45, 7) is 10.9. The second-order valence-corrected chi connectivity index (χ2v) is 15.5. The van der Waals surface area contributed by atoms with Gasteiger partial charge in [0, 0.05) is 22.8 Å². The van der Waals surface area contributed by atoms with E-state index in [0.717, 1.165) is 25.1 Å². The number of halogens is 15. The predicted molar refractivity (Wildman–Crippen MR) is 182 cm³/mol. The van der Waals surface area contributed by atoms with Crippen LogP contribution in [-0.4, -0.2) is 62.5 Å². The number of phenols is 1. The monoisotopic (exact) mass is 856 g/mol. The van der Waals surface area contributed by atoms with E-state index in [-0.39, 0.29) is 16.7 Å². The van der Waals surface area contributed by atoms with E-state index in [1.54, 1.807) is 52.8 Å². The third-order valence-electron chi connectivity index (χ3n) is 10.6. The van der Waals surface area contributed by atoms with Crippen LogP contribution in [0, 0.1) is 20.8 Å². The minimum atomic E-state index is -6.70. The second kappa shape index (κ2) is 14.6. The average molecular weight is 857 g/mol. The molecule has 0 amide bonds. The van der Waals surface area contributed by atoms with Gasteiger partial charge in [-0.15, -0.1) is 0 Å². The van der Waals surface area contributed by atoms with Gasteiger partial charge in [0.25, 0.3) is 11.2 Å². The van der Waals surface area contributed by atoms with Gasteiger partial charge in [-0.1, -0.05) is 70.2 Å². The van der Waals surface area contributed by atoms with Crippen LogP contribution in [0.4, 0.5) is 65.9 Å². The van der Waals surface area contributed by atoms with Crippen molar-refractivity contribution in [2.45, 2.75) is 120 Å². The van der Waals surface area contributed by atoms with Crippen LogP contribution >= 0.6 is 0 Å². The Morgan fingerprint density at radius 2 is 0.931 bits per heavy atom. The van der Waals surface area contributed by atoms with Crippen LogP contribution < -0.4 is 0 Å². The number of alkyl halides is 15. The molecule has 3 rings (SSSR count). The number of phenolic OH excluding ortho intramolecular Hbond substituents is 1. The molecule has 4 N–H and O–H groups in total. The van der Waals surface area contributed by atoms with E-state index >= 15 is 0 Å². The van der Waals surface area contributed by atoms with Gasteiger partial charge in [0.2, 0.25) is 0 Å². The van der Waals surface area contributed by atoms with Gasteiger partial charge < -0.3 is 20.4 Å². The Morgan fingerprint density at radius 3 is 1.33 bits per heavy atom. The van der Waals surface area contributed by atoms with E-state index in [9.17, 15) is 86.3 Å². The molecule has 0 saturated carbocycles. The molecule has 3 aromatic rings. The lowest BCUT2D eigenvalue weighted by molar-refractivity contribution is -0.366. The predicted octanol–water partition coefficient (Wildman–Crippen LogP) is 11.2. The summed E-state index contributed by atoms with van der Waals surface area (Å²) in [5, 5.41) is 40.5. The second-order valence-electron chi connectivity index (χ2n) is 15.5. The van der Waals surface area contributed by atoms with E-state index < -0.39 is 99.0 Å². The fraction of sp³-hybridized carbons (Fsp3) is 0.487. The first kappa shape index (κ1) is 48.4. The lowest BCUT2D eigenvalue weighted by Crippen LogP contribution is -2.58. The van der Waals surface area contributed by atoms with Crippen molar-refractivity contribution in [3.63, 3.8) is 0 Å². The lowest BCUT2D eigenvalue weighted by atomic mass is 9.71. The quantitative estimate of drug-likeness (QED) is 0.162. The van der Waals surface area contributed by atoms with Gasteiger partial charge in [0.1, 0.15) is 5.75 Å². The zero-order valence-electron chi connectivity index (χ0n) is 31.9. The standard InChI is InChI=1S/C39H39F15O4/c1-19-13-23(9-11-26(19)22(17-33(57,36(43,44)45)37(46,47)48)18-34(58,38(49,50)51)39(52,53)54)30(4,5)24-10-12-27(20(2)14-24)31(6,7)25-15-21(3)29(55)28(16-25)32(8,56)35(40,41)42/h9-17,55-58H,18H2,1-8H3/b22-17+. The molecular weight excluding hydrogens is 817 g/mol. The van der Waals surface area contributed by atoms with Crippen LogP contribution in [0.3, 0.4) is 0 Å². The lowest BCUT2D eigenvalue weighted by Gasteiger charge is -2.35. The Kier molecular flexibility index (Phi) is 12.2. The van der Waals surface area contributed by atoms with E-state index in [0.29, 0.717) is 29.7 Å². The number of aryl methyl sites for hydroxylation is 3. The summed E-state index contributed by atoms with van der Waals surface area (Å²) in [5.41, 5.74) is -19.8. The first-order valence-corrected chi connectivity index (χ1v) is 16.9. The summed E-state index contributed by atoms with van der Waals surface area (Å²) in [6, 6.07) is 10.00. The first-order valence-electron chi connectivity index (χ1n) is 16.9. The largest absolute Gasteiger partial charge is 0.507 e. The summed E-state index contributed by atoms with van der Waals surface area (Å²) in [5.74, 6) is -0.771. The highest BCUT2D eigenvalue weighted by molar-refractivity contribution is 5.71. The molecule has 19 heteroatoms. The molecule has 0 aromatic heterocycles. The molecule has 0 aliphatic rings. The van der Waals surface area contributed by atoms with Crippen molar-refractivity contribution in [3.8, 4) is 5.75 Å². The van der Waals surface area contributed by atoms with Gasteiger partial charge in [0.05, 0.1) is 0 Å². The molecule has 0 bridgehead atoms. The minimum absolute atomic E-state index is 0.0281. The van der Waals surface area contributed by atoms with E-state index in [2.05, 4.69) is 0 Å². The van der Waals surface area contributed by atoms with Crippen molar-refractivity contribution in [3.05, 3.63) is 105 Å². The Morgan fingerprint density at radius 1 is 0.500 bits per heavy atom. The topological polar surface area (TPSA) is 80.9 Å². The molecule has 0 spiro atoms. The van der Waals surface area contributed by atoms with Crippen molar-refractivity contribution in [1.29, 1.82) is 0 Å².